The van der Waals surface area contributed by atoms with Gasteiger partial charge in [-0.05, 0) is 60.4 Å². The van der Waals surface area contributed by atoms with Gasteiger partial charge in [-0.1, -0.05) is 6.92 Å². The topological polar surface area (TPSA) is 55.9 Å². The standard InChI is InChI=1S/C15H17NO2S/c1-3-14-13(9-10-15(17)16-14)11-5-7-12(8-6-11)19(18)4-2/h5-10H,3-4H2,1-2H3,(H,16,17). The third-order valence-electron chi connectivity index (χ3n) is 3.04. The Morgan fingerprint density at radius 1 is 1.11 bits per heavy atom. The molecule has 2 aromatic rings. The molecule has 1 heterocycles. The zero-order valence-corrected chi connectivity index (χ0v) is 11.9. The Labute approximate surface area is 115 Å². The summed E-state index contributed by atoms with van der Waals surface area (Å²) in [4.78, 5) is 15.0. The Hall–Kier alpha value is -1.52. The molecule has 0 amide bonds. The molecule has 1 aromatic carbocycles. The van der Waals surface area contributed by atoms with Crippen molar-refractivity contribution >= 4 is 11.2 Å². The van der Waals surface area contributed by atoms with Crippen molar-refractivity contribution in [3.8, 4) is 11.1 Å². The van der Waals surface area contributed by atoms with E-state index in [1.54, 1.807) is 0 Å². The molecule has 0 aliphatic rings. The molecular weight excluding hydrogens is 258 g/mol. The van der Waals surface area contributed by atoms with Crippen molar-refractivity contribution in [2.75, 3.05) is 5.75 Å². The first-order chi connectivity index (χ1) is 9.15. The molecule has 1 atom stereocenters. The molecule has 0 saturated heterocycles. The molecule has 3 nitrogen and oxygen atoms in total. The van der Waals surface area contributed by atoms with Crippen LogP contribution in [-0.2, 0) is 17.6 Å². The lowest BCUT2D eigenvalue weighted by atomic mass is 10.0. The number of hydrogen-bond acceptors (Lipinski definition) is 2. The van der Waals surface area contributed by atoms with Crippen molar-refractivity contribution in [3.05, 3.63) is 52.4 Å². The maximum absolute atomic E-state index is 11.7. The Morgan fingerprint density at radius 3 is 2.37 bits per heavy atom. The molecule has 0 saturated carbocycles. The smallest absolute Gasteiger partial charge is 0.248 e. The highest BCUT2D eigenvalue weighted by atomic mass is 32.2. The van der Waals surface area contributed by atoms with Gasteiger partial charge in [0.2, 0.25) is 5.56 Å². The fourth-order valence-corrected chi connectivity index (χ4v) is 2.79. The van der Waals surface area contributed by atoms with Gasteiger partial charge in [-0.15, -0.1) is 0 Å². The van der Waals surface area contributed by atoms with Crippen LogP contribution in [0.1, 0.15) is 19.5 Å². The van der Waals surface area contributed by atoms with Crippen LogP contribution in [0.5, 0.6) is 0 Å². The second kappa shape index (κ2) is 6.08. The molecule has 1 unspecified atom stereocenters. The van der Waals surface area contributed by atoms with Crippen molar-refractivity contribution in [1.82, 2.24) is 4.98 Å². The van der Waals surface area contributed by atoms with Gasteiger partial charge in [-0.3, -0.25) is 4.79 Å². The van der Waals surface area contributed by atoms with Gasteiger partial charge in [-0.25, -0.2) is 0 Å². The molecule has 0 aliphatic heterocycles. The van der Waals surface area contributed by atoms with Gasteiger partial charge >= 0.3 is 0 Å². The number of H-pyrrole nitrogens is 1. The zero-order chi connectivity index (χ0) is 13.8. The first kappa shape index (κ1) is 13.9. The summed E-state index contributed by atoms with van der Waals surface area (Å²) in [5.74, 6) is 0.623. The molecule has 4 heteroatoms. The van der Waals surface area contributed by atoms with E-state index in [9.17, 15) is 9.35 Å². The van der Waals surface area contributed by atoms with Crippen molar-refractivity contribution in [3.63, 3.8) is 0 Å². The lowest BCUT2D eigenvalue weighted by Gasteiger charge is -2.10. The van der Waals surface area contributed by atoms with Gasteiger partial charge in [0.05, 0.1) is 0 Å². The zero-order valence-electron chi connectivity index (χ0n) is 11.1. The highest BCUT2D eigenvalue weighted by Crippen LogP contribution is 2.23. The Bertz CT molecular complexity index is 604. The number of nitrogens with one attached hydrogen (secondary N) is 1. The number of aromatic nitrogens is 1. The van der Waals surface area contributed by atoms with Crippen LogP contribution in [-0.4, -0.2) is 15.3 Å². The van der Waals surface area contributed by atoms with Gasteiger partial charge < -0.3 is 9.54 Å². The van der Waals surface area contributed by atoms with Crippen LogP contribution in [0.2, 0.25) is 0 Å². The first-order valence-electron chi connectivity index (χ1n) is 6.36. The van der Waals surface area contributed by atoms with E-state index >= 15 is 0 Å². The van der Waals surface area contributed by atoms with Gasteiger partial charge in [0.15, 0.2) is 4.90 Å². The first-order valence-corrected chi connectivity index (χ1v) is 7.68. The summed E-state index contributed by atoms with van der Waals surface area (Å²) in [7, 11) is 0. The summed E-state index contributed by atoms with van der Waals surface area (Å²) in [5, 5.41) is 0. The summed E-state index contributed by atoms with van der Waals surface area (Å²) in [6, 6.07) is 11.1. The summed E-state index contributed by atoms with van der Waals surface area (Å²) in [6.45, 7) is 3.91. The Balaban J connectivity index is 2.40. The molecule has 0 fully saturated rings. The quantitative estimate of drug-likeness (QED) is 0.872. The maximum Gasteiger partial charge on any atom is 0.248 e. The van der Waals surface area contributed by atoms with Gasteiger partial charge in [0.25, 0.3) is 0 Å². The monoisotopic (exact) mass is 275 g/mol. The van der Waals surface area contributed by atoms with Gasteiger partial charge in [0, 0.05) is 17.3 Å². The molecule has 0 spiro atoms. The van der Waals surface area contributed by atoms with E-state index in [-0.39, 0.29) is 5.56 Å². The lowest BCUT2D eigenvalue weighted by Crippen LogP contribution is -2.08. The van der Waals surface area contributed by atoms with E-state index in [0.29, 0.717) is 5.75 Å². The maximum atomic E-state index is 11.7. The molecule has 100 valence electrons. The summed E-state index contributed by atoms with van der Waals surface area (Å²) in [5.41, 5.74) is 2.90. The molecule has 0 radical (unpaired) electrons. The van der Waals surface area contributed by atoms with E-state index in [0.717, 1.165) is 28.1 Å². The third kappa shape index (κ3) is 3.08. The van der Waals surface area contributed by atoms with Crippen molar-refractivity contribution in [2.45, 2.75) is 25.2 Å². The van der Waals surface area contributed by atoms with Crippen LogP contribution >= 0.6 is 0 Å². The molecule has 1 N–H and O–H groups in total. The minimum atomic E-state index is -0.924. The van der Waals surface area contributed by atoms with Gasteiger partial charge in [0.1, 0.15) is 5.75 Å². The Kier molecular flexibility index (Phi) is 4.45. The van der Waals surface area contributed by atoms with Crippen LogP contribution in [0.3, 0.4) is 0 Å². The molecule has 1 aromatic heterocycles. The van der Waals surface area contributed by atoms with Crippen molar-refractivity contribution in [1.29, 1.82) is 0 Å². The minimum Gasteiger partial charge on any atom is -0.611 e. The second-order valence-corrected chi connectivity index (χ2v) is 5.97. The van der Waals surface area contributed by atoms with Gasteiger partial charge in [-0.2, -0.15) is 0 Å². The van der Waals surface area contributed by atoms with Crippen LogP contribution < -0.4 is 5.56 Å². The van der Waals surface area contributed by atoms with E-state index < -0.39 is 11.2 Å². The predicted molar refractivity (Wildman–Crippen MR) is 78.8 cm³/mol. The summed E-state index contributed by atoms with van der Waals surface area (Å²) >= 11 is -0.924. The van der Waals surface area contributed by atoms with E-state index in [1.165, 1.54) is 6.07 Å². The minimum absolute atomic E-state index is 0.0793. The number of aryl methyl sites for hydroxylation is 1. The Morgan fingerprint density at radius 2 is 1.79 bits per heavy atom. The predicted octanol–water partition coefficient (Wildman–Crippen LogP) is 2.73. The molecular formula is C15H17NO2S. The number of aromatic amines is 1. The SMILES string of the molecule is CCc1[nH]c(=O)ccc1-c1ccc([S+]([O-])CC)cc1. The number of benzene rings is 1. The van der Waals surface area contributed by atoms with Crippen LogP contribution in [0.4, 0.5) is 0 Å². The average molecular weight is 275 g/mol. The summed E-state index contributed by atoms with van der Waals surface area (Å²) < 4.78 is 11.7. The van der Waals surface area contributed by atoms with E-state index in [4.69, 9.17) is 0 Å². The molecule has 0 aliphatic carbocycles. The van der Waals surface area contributed by atoms with Crippen LogP contribution in [0.15, 0.2) is 46.1 Å². The van der Waals surface area contributed by atoms with Crippen LogP contribution in [0, 0.1) is 0 Å². The number of hydrogen-bond donors (Lipinski definition) is 1. The third-order valence-corrected chi connectivity index (χ3v) is 4.37. The summed E-state index contributed by atoms with van der Waals surface area (Å²) in [6.07, 6.45) is 0.772. The van der Waals surface area contributed by atoms with Crippen LogP contribution in [0.25, 0.3) is 11.1 Å². The van der Waals surface area contributed by atoms with E-state index in [2.05, 4.69) is 4.98 Å². The largest absolute Gasteiger partial charge is 0.611 e. The van der Waals surface area contributed by atoms with Crippen molar-refractivity contribution < 1.29 is 4.55 Å². The molecule has 0 bridgehead atoms. The van der Waals surface area contributed by atoms with E-state index in [1.807, 2.05) is 44.2 Å². The second-order valence-electron chi connectivity index (χ2n) is 4.23. The number of rotatable bonds is 4. The normalized spacial score (nSPS) is 12.4. The molecule has 2 rings (SSSR count). The highest BCUT2D eigenvalue weighted by molar-refractivity contribution is 7.91. The lowest BCUT2D eigenvalue weighted by molar-refractivity contribution is 0.596. The molecule has 19 heavy (non-hydrogen) atoms. The average Bonchev–Trinajstić information content (AvgIpc) is 2.46. The van der Waals surface area contributed by atoms with Crippen molar-refractivity contribution in [2.24, 2.45) is 0 Å². The highest BCUT2D eigenvalue weighted by Gasteiger charge is 2.09. The number of pyridine rings is 1. The fourth-order valence-electron chi connectivity index (χ4n) is 2.02. The fraction of sp³-hybridized carbons (Fsp3) is 0.267.